The number of Topliss-reactive ketones (excluding diaryl/α,β-unsaturated/α-hetero) is 1. The lowest BCUT2D eigenvalue weighted by Gasteiger charge is -2.56. The summed E-state index contributed by atoms with van der Waals surface area (Å²) in [6, 6.07) is 0. The Kier molecular flexibility index (Phi) is 5.77. The predicted octanol–water partition coefficient (Wildman–Crippen LogP) is 3.83. The molecule has 2 aliphatic carbocycles. The molecule has 5 rings (SSSR count). The zero-order chi connectivity index (χ0) is 27.3. The van der Waals surface area contributed by atoms with E-state index in [1.807, 2.05) is 33.8 Å². The first-order chi connectivity index (χ1) is 17.1. The lowest BCUT2D eigenvalue weighted by atomic mass is 9.51. The van der Waals surface area contributed by atoms with Crippen molar-refractivity contribution in [1.29, 1.82) is 0 Å². The quantitative estimate of drug-likeness (QED) is 0.472. The van der Waals surface area contributed by atoms with Gasteiger partial charge in [-0.15, -0.1) is 0 Å². The molecule has 3 aliphatic heterocycles. The number of hydrogen-bond donors (Lipinski definition) is 3. The summed E-state index contributed by atoms with van der Waals surface area (Å²) >= 11 is 0. The Labute approximate surface area is 217 Å². The van der Waals surface area contributed by atoms with Crippen LogP contribution in [0.2, 0.25) is 0 Å². The standard InChI is InChI=1S/C29H38O8/c1-14(23(31)32)9-17-10-15(2)27(5)21(36-17)12-18-22(24(33)34)16(11-19(30)28(18,27)6)13-29-8-7-20(37-29)26(3,4)25(29)35/h9,12,15,17,19-21,30H,7-8,10-11,13H2,1-6H3,(H,31,32)(H,33,34)/b14-9+/t15-,17+,19-,20+,21-,27-,28+,29+/m1/s1. The van der Waals surface area contributed by atoms with E-state index in [1.54, 1.807) is 6.08 Å². The minimum atomic E-state index is -1.08. The van der Waals surface area contributed by atoms with Gasteiger partial charge in [-0.3, -0.25) is 4.79 Å². The number of ether oxygens (including phenoxy) is 2. The number of carboxylic acid groups (broad SMARTS) is 2. The van der Waals surface area contributed by atoms with Crippen molar-refractivity contribution in [2.75, 3.05) is 0 Å². The van der Waals surface area contributed by atoms with Crippen LogP contribution in [0.4, 0.5) is 0 Å². The van der Waals surface area contributed by atoms with Crippen molar-refractivity contribution in [3.8, 4) is 0 Å². The topological polar surface area (TPSA) is 130 Å². The zero-order valence-electron chi connectivity index (χ0n) is 22.5. The summed E-state index contributed by atoms with van der Waals surface area (Å²) in [5, 5.41) is 31.5. The summed E-state index contributed by atoms with van der Waals surface area (Å²) in [6.07, 6.45) is 3.65. The Morgan fingerprint density at radius 2 is 1.86 bits per heavy atom. The van der Waals surface area contributed by atoms with E-state index in [4.69, 9.17) is 9.47 Å². The van der Waals surface area contributed by atoms with Crippen molar-refractivity contribution in [1.82, 2.24) is 0 Å². The van der Waals surface area contributed by atoms with Crippen molar-refractivity contribution < 1.29 is 39.2 Å². The maximum atomic E-state index is 13.4. The van der Waals surface area contributed by atoms with Crippen LogP contribution < -0.4 is 0 Å². The van der Waals surface area contributed by atoms with Gasteiger partial charge in [0.2, 0.25) is 0 Å². The molecule has 3 saturated heterocycles. The van der Waals surface area contributed by atoms with Gasteiger partial charge >= 0.3 is 11.9 Å². The SMILES string of the molecule is C/C(=C\[C@H]1C[C@@H](C)[C@]2(C)[C@@H](C=C3C(C(=O)O)=C(C[C@]45CC[C@H](O4)C(C)(C)C5=O)C[C@@H](O)[C@]32C)O1)C(=O)O. The number of carbonyl (C=O) groups excluding carboxylic acids is 1. The lowest BCUT2D eigenvalue weighted by molar-refractivity contribution is -0.169. The second-order valence-electron chi connectivity index (χ2n) is 12.8. The number of aliphatic carboxylic acids is 2. The molecule has 0 saturated carbocycles. The summed E-state index contributed by atoms with van der Waals surface area (Å²) in [4.78, 5) is 37.5. The van der Waals surface area contributed by atoms with E-state index in [0.717, 1.165) is 6.42 Å². The van der Waals surface area contributed by atoms with Crippen LogP contribution in [0.5, 0.6) is 0 Å². The first kappa shape index (κ1) is 26.3. The van der Waals surface area contributed by atoms with E-state index in [2.05, 4.69) is 6.92 Å². The van der Waals surface area contributed by atoms with E-state index in [9.17, 15) is 29.7 Å². The van der Waals surface area contributed by atoms with E-state index in [1.165, 1.54) is 6.92 Å². The molecule has 0 radical (unpaired) electrons. The third kappa shape index (κ3) is 3.34. The molecule has 0 amide bonds. The van der Waals surface area contributed by atoms with E-state index in [0.29, 0.717) is 24.0 Å². The Hall–Kier alpha value is -2.29. The molecule has 5 aliphatic rings. The second kappa shape index (κ2) is 8.10. The molecule has 3 heterocycles. The van der Waals surface area contributed by atoms with Gasteiger partial charge in [0, 0.05) is 22.8 Å². The van der Waals surface area contributed by atoms with Gasteiger partial charge in [0.1, 0.15) is 5.60 Å². The fraction of sp³-hybridized carbons (Fsp3) is 0.690. The molecular formula is C29H38O8. The smallest absolute Gasteiger partial charge is 0.335 e. The van der Waals surface area contributed by atoms with E-state index >= 15 is 0 Å². The number of ketones is 1. The molecule has 37 heavy (non-hydrogen) atoms. The second-order valence-corrected chi connectivity index (χ2v) is 12.8. The number of carbonyl (C=O) groups is 3. The third-order valence-corrected chi connectivity index (χ3v) is 10.7. The molecule has 3 fully saturated rings. The first-order valence-corrected chi connectivity index (χ1v) is 13.3. The highest BCUT2D eigenvalue weighted by Gasteiger charge is 2.67. The highest BCUT2D eigenvalue weighted by atomic mass is 16.5. The van der Waals surface area contributed by atoms with Crippen LogP contribution in [-0.4, -0.2) is 63.1 Å². The van der Waals surface area contributed by atoms with Crippen molar-refractivity contribution in [3.05, 3.63) is 34.4 Å². The van der Waals surface area contributed by atoms with Crippen molar-refractivity contribution >= 4 is 17.7 Å². The summed E-state index contributed by atoms with van der Waals surface area (Å²) in [6.45, 7) is 11.3. The van der Waals surface area contributed by atoms with Gasteiger partial charge in [-0.25, -0.2) is 9.59 Å². The Morgan fingerprint density at radius 3 is 2.43 bits per heavy atom. The zero-order valence-corrected chi connectivity index (χ0v) is 22.5. The number of aliphatic hydroxyl groups excluding tert-OH is 1. The molecule has 8 heteroatoms. The van der Waals surface area contributed by atoms with Gasteiger partial charge in [0.05, 0.1) is 35.4 Å². The van der Waals surface area contributed by atoms with Crippen LogP contribution in [0, 0.1) is 22.2 Å². The third-order valence-electron chi connectivity index (χ3n) is 10.7. The van der Waals surface area contributed by atoms with Gasteiger partial charge in [-0.2, -0.15) is 0 Å². The van der Waals surface area contributed by atoms with Crippen LogP contribution in [-0.2, 0) is 23.9 Å². The minimum Gasteiger partial charge on any atom is -0.478 e. The Balaban J connectivity index is 1.57. The molecular weight excluding hydrogens is 476 g/mol. The molecule has 8 atom stereocenters. The van der Waals surface area contributed by atoms with Gasteiger partial charge in [-0.05, 0) is 55.7 Å². The number of aliphatic hydroxyl groups is 1. The molecule has 2 bridgehead atoms. The monoisotopic (exact) mass is 514 g/mol. The minimum absolute atomic E-state index is 0.00816. The van der Waals surface area contributed by atoms with Crippen molar-refractivity contribution in [2.24, 2.45) is 22.2 Å². The molecule has 202 valence electrons. The maximum absolute atomic E-state index is 13.4. The van der Waals surface area contributed by atoms with Gasteiger partial charge < -0.3 is 24.8 Å². The highest BCUT2D eigenvalue weighted by molar-refractivity contribution is 5.97. The molecule has 0 aromatic heterocycles. The van der Waals surface area contributed by atoms with Gasteiger partial charge in [-0.1, -0.05) is 40.7 Å². The summed E-state index contributed by atoms with van der Waals surface area (Å²) in [7, 11) is 0. The van der Waals surface area contributed by atoms with Crippen LogP contribution in [0.15, 0.2) is 34.4 Å². The van der Waals surface area contributed by atoms with Gasteiger partial charge in [0.25, 0.3) is 0 Å². The molecule has 0 spiro atoms. The molecule has 0 aromatic carbocycles. The Morgan fingerprint density at radius 1 is 1.19 bits per heavy atom. The molecule has 3 N–H and O–H groups in total. The van der Waals surface area contributed by atoms with Crippen molar-refractivity contribution in [3.63, 3.8) is 0 Å². The lowest BCUT2D eigenvalue weighted by Crippen LogP contribution is -2.58. The fourth-order valence-corrected chi connectivity index (χ4v) is 8.11. The summed E-state index contributed by atoms with van der Waals surface area (Å²) in [5.74, 6) is -2.07. The van der Waals surface area contributed by atoms with Gasteiger partial charge in [0.15, 0.2) is 5.78 Å². The average molecular weight is 515 g/mol. The average Bonchev–Trinajstić information content (AvgIpc) is 3.38. The fourth-order valence-electron chi connectivity index (χ4n) is 8.11. The number of hydrogen-bond acceptors (Lipinski definition) is 6. The molecule has 0 aromatic rings. The maximum Gasteiger partial charge on any atom is 0.335 e. The molecule has 0 unspecified atom stereocenters. The normalized spacial score (nSPS) is 44.5. The van der Waals surface area contributed by atoms with E-state index in [-0.39, 0.29) is 41.8 Å². The molecule has 8 nitrogen and oxygen atoms in total. The van der Waals surface area contributed by atoms with Crippen LogP contribution >= 0.6 is 0 Å². The number of fused-ring (bicyclic) bond motifs is 5. The summed E-state index contributed by atoms with van der Waals surface area (Å²) in [5.41, 5.74) is -1.70. The van der Waals surface area contributed by atoms with Crippen molar-refractivity contribution in [2.45, 2.75) is 104 Å². The van der Waals surface area contributed by atoms with Crippen LogP contribution in [0.25, 0.3) is 0 Å². The summed E-state index contributed by atoms with van der Waals surface area (Å²) < 4.78 is 12.6. The number of carboxylic acids is 2. The van der Waals surface area contributed by atoms with Crippen LogP contribution in [0.3, 0.4) is 0 Å². The first-order valence-electron chi connectivity index (χ1n) is 13.3. The number of rotatable bonds is 5. The highest BCUT2D eigenvalue weighted by Crippen LogP contribution is 2.67. The van der Waals surface area contributed by atoms with E-state index < -0.39 is 52.1 Å². The Bertz CT molecular complexity index is 1180. The predicted molar refractivity (Wildman–Crippen MR) is 134 cm³/mol. The van der Waals surface area contributed by atoms with Crippen LogP contribution in [0.1, 0.15) is 73.6 Å². The largest absolute Gasteiger partial charge is 0.478 e.